The van der Waals surface area contributed by atoms with E-state index in [4.69, 9.17) is 20.2 Å². The molecule has 0 saturated carbocycles. The van der Waals surface area contributed by atoms with Crippen molar-refractivity contribution >= 4 is 35.5 Å². The maximum Gasteiger partial charge on any atom is 0.0814 e. The third kappa shape index (κ3) is 6.55. The van der Waals surface area contributed by atoms with Crippen molar-refractivity contribution in [2.24, 2.45) is 0 Å². The van der Waals surface area contributed by atoms with Crippen molar-refractivity contribution in [2.45, 2.75) is 59.5 Å². The highest BCUT2D eigenvalue weighted by atomic mass is 28.3. The van der Waals surface area contributed by atoms with Crippen molar-refractivity contribution < 1.29 is 4.74 Å². The summed E-state index contributed by atoms with van der Waals surface area (Å²) < 4.78 is 6.22. The highest BCUT2D eigenvalue weighted by Gasteiger charge is 2.21. The molecule has 4 radical (unpaired) electrons. The van der Waals surface area contributed by atoms with E-state index in [0.717, 1.165) is 24.5 Å². The van der Waals surface area contributed by atoms with Gasteiger partial charge in [0.15, 0.2) is 0 Å². The fraction of sp³-hybridized carbons (Fsp3) is 0.357. The topological polar surface area (TPSA) is 9.23 Å². The molecule has 0 spiro atoms. The molecule has 3 aromatic rings. The molecule has 0 bridgehead atoms. The molecule has 0 amide bonds. The lowest BCUT2D eigenvalue weighted by atomic mass is 9.16. The molecule has 0 aliphatic heterocycles. The van der Waals surface area contributed by atoms with Crippen LogP contribution in [0.25, 0.3) is 11.1 Å². The molecular formula is C28H35B3OSi. The van der Waals surface area contributed by atoms with Crippen molar-refractivity contribution in [3.05, 3.63) is 88.0 Å². The van der Waals surface area contributed by atoms with Gasteiger partial charge in [-0.3, -0.25) is 0 Å². The molecule has 0 aliphatic carbocycles. The third-order valence-electron chi connectivity index (χ3n) is 6.69. The van der Waals surface area contributed by atoms with Gasteiger partial charge in [-0.2, -0.15) is 0 Å². The maximum atomic E-state index is 6.28. The second-order valence-corrected chi connectivity index (χ2v) is 16.0. The van der Waals surface area contributed by atoms with Crippen LogP contribution in [-0.2, 0) is 17.8 Å². The van der Waals surface area contributed by atoms with Crippen molar-refractivity contribution in [3.8, 4) is 11.1 Å². The van der Waals surface area contributed by atoms with Gasteiger partial charge in [-0.15, -0.1) is 0 Å². The Morgan fingerprint density at radius 2 is 1.36 bits per heavy atom. The first-order valence-electron chi connectivity index (χ1n) is 11.9. The van der Waals surface area contributed by atoms with E-state index >= 15 is 0 Å². The number of ether oxygens (including phenoxy) is 1. The Balaban J connectivity index is 1.94. The predicted octanol–water partition coefficient (Wildman–Crippen LogP) is 5.76. The average Bonchev–Trinajstić information content (AvgIpc) is 2.77. The zero-order valence-corrected chi connectivity index (χ0v) is 22.2. The minimum atomic E-state index is -1.14. The summed E-state index contributed by atoms with van der Waals surface area (Å²) in [5.74, 6) is 0. The van der Waals surface area contributed by atoms with Gasteiger partial charge in [-0.25, -0.2) is 0 Å². The molecule has 0 fully saturated rings. The molecular weight excluding hydrogens is 413 g/mol. The van der Waals surface area contributed by atoms with Crippen LogP contribution >= 0.6 is 0 Å². The highest BCUT2D eigenvalue weighted by Crippen LogP contribution is 2.26. The van der Waals surface area contributed by atoms with Crippen molar-refractivity contribution in [1.29, 1.82) is 0 Å². The lowest BCUT2D eigenvalue weighted by molar-refractivity contribution is 0.133. The van der Waals surface area contributed by atoms with E-state index in [-0.39, 0.29) is 0 Å². The minimum Gasteiger partial charge on any atom is -0.377 e. The highest BCUT2D eigenvalue weighted by molar-refractivity contribution is 7.35. The van der Waals surface area contributed by atoms with Crippen LogP contribution in [0.3, 0.4) is 0 Å². The summed E-state index contributed by atoms with van der Waals surface area (Å²) >= 11 is 0. The lowest BCUT2D eigenvalue weighted by Gasteiger charge is -2.25. The molecule has 3 rings (SSSR count). The Morgan fingerprint density at radius 3 is 1.94 bits per heavy atom. The summed E-state index contributed by atoms with van der Waals surface area (Å²) in [7, 11) is 11.4. The molecule has 0 unspecified atom stereocenters. The van der Waals surface area contributed by atoms with Gasteiger partial charge in [0.25, 0.3) is 0 Å². The fourth-order valence-electron chi connectivity index (χ4n) is 4.38. The van der Waals surface area contributed by atoms with Crippen LogP contribution in [0.15, 0.2) is 54.6 Å². The Kier molecular flexibility index (Phi) is 8.53. The second-order valence-electron chi connectivity index (χ2n) is 10.4. The summed E-state index contributed by atoms with van der Waals surface area (Å²) in [4.78, 5) is 0. The van der Waals surface area contributed by atoms with Crippen LogP contribution in [-0.4, -0.2) is 36.6 Å². The van der Waals surface area contributed by atoms with Crippen molar-refractivity contribution in [3.63, 3.8) is 0 Å². The Bertz CT molecular complexity index is 1070. The normalized spacial score (nSPS) is 11.6. The number of benzene rings is 3. The summed E-state index contributed by atoms with van der Waals surface area (Å²) in [6.07, 6.45) is 0.842. The Hall–Kier alpha value is -1.97. The zero-order valence-electron chi connectivity index (χ0n) is 21.2. The number of rotatable bonds is 9. The molecule has 0 heterocycles. The molecule has 3 aromatic carbocycles. The van der Waals surface area contributed by atoms with Crippen LogP contribution in [0.1, 0.15) is 33.4 Å². The van der Waals surface area contributed by atoms with Crippen LogP contribution < -0.4 is 5.46 Å². The van der Waals surface area contributed by atoms with Crippen molar-refractivity contribution in [1.82, 2.24) is 0 Å². The van der Waals surface area contributed by atoms with E-state index in [1.54, 1.807) is 0 Å². The first-order valence-corrected chi connectivity index (χ1v) is 15.6. The van der Waals surface area contributed by atoms with E-state index in [9.17, 15) is 0 Å². The van der Waals surface area contributed by atoms with Gasteiger partial charge >= 0.3 is 0 Å². The molecule has 33 heavy (non-hydrogen) atoms. The molecule has 0 aromatic heterocycles. The Morgan fingerprint density at radius 1 is 0.758 bits per heavy atom. The molecule has 5 heteroatoms. The van der Waals surface area contributed by atoms with E-state index in [1.807, 2.05) is 6.07 Å². The van der Waals surface area contributed by atoms with Gasteiger partial charge in [0.05, 0.1) is 13.1 Å². The van der Waals surface area contributed by atoms with Crippen molar-refractivity contribution in [2.75, 3.05) is 6.61 Å². The quantitative estimate of drug-likeness (QED) is 0.299. The van der Waals surface area contributed by atoms with E-state index in [0.29, 0.717) is 6.61 Å². The summed E-state index contributed by atoms with van der Waals surface area (Å²) in [5, 5.41) is 0. The molecule has 0 saturated heterocycles. The first-order chi connectivity index (χ1) is 15.6. The smallest absolute Gasteiger partial charge is 0.0814 e. The van der Waals surface area contributed by atoms with Crippen LogP contribution in [0.4, 0.5) is 0 Å². The first kappa shape index (κ1) is 25.7. The summed E-state index contributed by atoms with van der Waals surface area (Å²) in [6, 6.07) is 20.5. The molecule has 166 valence electrons. The molecule has 1 nitrogen and oxygen atoms in total. The summed E-state index contributed by atoms with van der Waals surface area (Å²) in [5.41, 5.74) is 11.0. The lowest BCUT2D eigenvalue weighted by Crippen LogP contribution is -2.39. The number of hydrogen-bond donors (Lipinski definition) is 0. The molecule has 0 N–H and O–H groups in total. The van der Waals surface area contributed by atoms with Gasteiger partial charge in [0.2, 0.25) is 0 Å². The maximum absolute atomic E-state index is 6.28. The van der Waals surface area contributed by atoms with E-state index < -0.39 is 14.6 Å². The zero-order chi connectivity index (χ0) is 24.2. The van der Waals surface area contributed by atoms with Gasteiger partial charge < -0.3 is 4.74 Å². The van der Waals surface area contributed by atoms with Gasteiger partial charge in [-0.1, -0.05) is 85.3 Å². The van der Waals surface area contributed by atoms with Crippen LogP contribution in [0, 0.1) is 20.8 Å². The van der Waals surface area contributed by atoms with Gasteiger partial charge in [0.1, 0.15) is 0 Å². The van der Waals surface area contributed by atoms with Crippen LogP contribution in [0.5, 0.6) is 0 Å². The number of hydrogen-bond acceptors (Lipinski definition) is 1. The molecule has 0 atom stereocenters. The van der Waals surface area contributed by atoms with Gasteiger partial charge in [-0.05, 0) is 72.2 Å². The largest absolute Gasteiger partial charge is 0.377 e. The van der Waals surface area contributed by atoms with E-state index in [2.05, 4.69) is 88.9 Å². The van der Waals surface area contributed by atoms with Crippen LogP contribution in [0.2, 0.25) is 25.7 Å². The minimum absolute atomic E-state index is 0.515. The standard InChI is InChI=1S/C28H35B3OSi/c1-20-21(2)26(18-23-12-14-25(15-13-23)24-10-8-7-9-11-24)27(28(22(20)3)31(29)30)19-32-16-17-33(4,5)6/h7-15H,16-19H2,1-6H3. The van der Waals surface area contributed by atoms with E-state index in [1.165, 1.54) is 44.5 Å². The Labute approximate surface area is 205 Å². The second kappa shape index (κ2) is 11.0. The third-order valence-corrected chi connectivity index (χ3v) is 8.39. The monoisotopic (exact) mass is 448 g/mol. The molecule has 0 aliphatic rings. The predicted molar refractivity (Wildman–Crippen MR) is 150 cm³/mol. The van der Waals surface area contributed by atoms with Gasteiger partial charge in [0, 0.05) is 30.2 Å². The fourth-order valence-corrected chi connectivity index (χ4v) is 5.14. The average molecular weight is 448 g/mol. The SMILES string of the molecule is [B]B([B])c1c(C)c(C)c(C)c(Cc2ccc(-c3ccccc3)cc2)c1COCC[Si](C)(C)C. The summed E-state index contributed by atoms with van der Waals surface area (Å²) in [6.45, 7) is 14.5.